The average molecular weight is 394 g/mol. The van der Waals surface area contributed by atoms with Crippen molar-refractivity contribution in [2.45, 2.75) is 13.0 Å². The first-order valence-electron chi connectivity index (χ1n) is 9.13. The molecule has 6 heteroatoms. The van der Waals surface area contributed by atoms with Gasteiger partial charge in [-0.25, -0.2) is 8.78 Å². The minimum Gasteiger partial charge on any atom is -0.348 e. The lowest BCUT2D eigenvalue weighted by atomic mass is 10.1. The first-order chi connectivity index (χ1) is 13.9. The number of nitrogens with one attached hydrogen (secondary N) is 1. The Morgan fingerprint density at radius 1 is 0.862 bits per heavy atom. The van der Waals surface area contributed by atoms with Crippen LogP contribution in [0.5, 0.6) is 0 Å². The van der Waals surface area contributed by atoms with Crippen molar-refractivity contribution in [3.8, 4) is 0 Å². The Hall–Kier alpha value is -3.54. The molecule has 0 spiro atoms. The third-order valence-corrected chi connectivity index (χ3v) is 4.31. The molecule has 0 fully saturated rings. The van der Waals surface area contributed by atoms with Crippen LogP contribution in [0.3, 0.4) is 0 Å². The summed E-state index contributed by atoms with van der Waals surface area (Å²) in [6.07, 6.45) is 0. The number of para-hydroxylation sites is 1. The fraction of sp³-hybridized carbons (Fsp3) is 0.130. The smallest absolute Gasteiger partial charge is 0.258 e. The second-order valence-corrected chi connectivity index (χ2v) is 6.65. The number of halogens is 2. The molecule has 0 aliphatic carbocycles. The number of rotatable bonds is 6. The molecule has 0 aromatic heterocycles. The number of benzene rings is 3. The van der Waals surface area contributed by atoms with Gasteiger partial charge in [0.2, 0.25) is 0 Å². The van der Waals surface area contributed by atoms with Crippen molar-refractivity contribution in [2.24, 2.45) is 0 Å². The fourth-order valence-electron chi connectivity index (χ4n) is 2.95. The van der Waals surface area contributed by atoms with Gasteiger partial charge >= 0.3 is 0 Å². The summed E-state index contributed by atoms with van der Waals surface area (Å²) < 4.78 is 26.9. The summed E-state index contributed by atoms with van der Waals surface area (Å²) in [4.78, 5) is 26.9. The minimum atomic E-state index is -0.503. The van der Waals surface area contributed by atoms with Gasteiger partial charge in [-0.05, 0) is 55.5 Å². The molecule has 0 saturated carbocycles. The summed E-state index contributed by atoms with van der Waals surface area (Å²) in [6.45, 7) is 1.90. The molecule has 4 nitrogen and oxygen atoms in total. The van der Waals surface area contributed by atoms with Crippen molar-refractivity contribution < 1.29 is 18.4 Å². The molecule has 0 saturated heterocycles. The number of nitrogens with zero attached hydrogens (tertiary/aromatic N) is 1. The van der Waals surface area contributed by atoms with E-state index < -0.39 is 23.6 Å². The van der Waals surface area contributed by atoms with E-state index in [1.807, 2.05) is 6.07 Å². The van der Waals surface area contributed by atoms with Gasteiger partial charge < -0.3 is 10.2 Å². The van der Waals surface area contributed by atoms with Gasteiger partial charge in [0.15, 0.2) is 0 Å². The maximum Gasteiger partial charge on any atom is 0.258 e. The summed E-state index contributed by atoms with van der Waals surface area (Å²) in [7, 11) is 0. The van der Waals surface area contributed by atoms with Crippen LogP contribution in [0, 0.1) is 11.6 Å². The number of hydrogen-bond acceptors (Lipinski definition) is 2. The lowest BCUT2D eigenvalue weighted by molar-refractivity contribution is 0.0927. The number of carbonyl (C=O) groups excluding carboxylic acids is 2. The zero-order chi connectivity index (χ0) is 20.8. The van der Waals surface area contributed by atoms with Crippen molar-refractivity contribution in [1.29, 1.82) is 0 Å². The molecule has 0 radical (unpaired) electrons. The second kappa shape index (κ2) is 9.10. The normalized spacial score (nSPS) is 11.6. The van der Waals surface area contributed by atoms with E-state index in [2.05, 4.69) is 5.32 Å². The van der Waals surface area contributed by atoms with Gasteiger partial charge in [-0.15, -0.1) is 0 Å². The molecule has 3 aromatic carbocycles. The molecular weight excluding hydrogens is 374 g/mol. The summed E-state index contributed by atoms with van der Waals surface area (Å²) in [5.41, 5.74) is 1.02. The molecule has 3 aromatic rings. The largest absolute Gasteiger partial charge is 0.348 e. The Morgan fingerprint density at radius 3 is 2.07 bits per heavy atom. The van der Waals surface area contributed by atoms with E-state index in [4.69, 9.17) is 0 Å². The Morgan fingerprint density at radius 2 is 1.45 bits per heavy atom. The zero-order valence-electron chi connectivity index (χ0n) is 15.8. The van der Waals surface area contributed by atoms with Gasteiger partial charge in [-0.3, -0.25) is 9.59 Å². The molecule has 0 heterocycles. The zero-order valence-corrected chi connectivity index (χ0v) is 15.8. The molecular formula is C23H20F2N2O2. The second-order valence-electron chi connectivity index (χ2n) is 6.65. The molecule has 0 bridgehead atoms. The predicted molar refractivity (Wildman–Crippen MR) is 108 cm³/mol. The van der Waals surface area contributed by atoms with Gasteiger partial charge in [0.05, 0.1) is 0 Å². The molecule has 148 valence electrons. The SMILES string of the molecule is CC(CN(C(=O)c1cccc(F)c1)c1ccccc1)NC(=O)c1cccc(F)c1. The molecule has 29 heavy (non-hydrogen) atoms. The van der Waals surface area contributed by atoms with Crippen molar-refractivity contribution >= 4 is 17.5 Å². The number of amides is 2. The highest BCUT2D eigenvalue weighted by Gasteiger charge is 2.21. The molecule has 0 aliphatic heterocycles. The van der Waals surface area contributed by atoms with Gasteiger partial charge in [-0.1, -0.05) is 30.3 Å². The first-order valence-corrected chi connectivity index (χ1v) is 9.13. The molecule has 1 atom stereocenters. The van der Waals surface area contributed by atoms with Crippen LogP contribution >= 0.6 is 0 Å². The van der Waals surface area contributed by atoms with Crippen molar-refractivity contribution in [3.63, 3.8) is 0 Å². The van der Waals surface area contributed by atoms with E-state index in [-0.39, 0.29) is 23.6 Å². The van der Waals surface area contributed by atoms with Crippen LogP contribution < -0.4 is 10.2 Å². The average Bonchev–Trinajstić information content (AvgIpc) is 2.72. The monoisotopic (exact) mass is 394 g/mol. The van der Waals surface area contributed by atoms with E-state index in [1.165, 1.54) is 47.4 Å². The van der Waals surface area contributed by atoms with Gasteiger partial charge in [0, 0.05) is 29.4 Å². The standard InChI is InChI=1S/C23H20F2N2O2/c1-16(26-22(28)17-7-5-9-19(24)13-17)15-27(21-11-3-2-4-12-21)23(29)18-8-6-10-20(25)14-18/h2-14,16H,15H2,1H3,(H,26,28). The highest BCUT2D eigenvalue weighted by molar-refractivity contribution is 6.06. The Kier molecular flexibility index (Phi) is 6.34. The van der Waals surface area contributed by atoms with Crippen LogP contribution in [-0.2, 0) is 0 Å². The van der Waals surface area contributed by atoms with Crippen LogP contribution in [0.1, 0.15) is 27.6 Å². The summed E-state index contributed by atoms with van der Waals surface area (Å²) in [5, 5.41) is 2.77. The highest BCUT2D eigenvalue weighted by atomic mass is 19.1. The van der Waals surface area contributed by atoms with Crippen LogP contribution in [0.2, 0.25) is 0 Å². The Balaban J connectivity index is 1.79. The Bertz CT molecular complexity index is 1010. The maximum absolute atomic E-state index is 13.6. The highest BCUT2D eigenvalue weighted by Crippen LogP contribution is 2.18. The fourth-order valence-corrected chi connectivity index (χ4v) is 2.95. The van der Waals surface area contributed by atoms with Crippen LogP contribution in [0.4, 0.5) is 14.5 Å². The molecule has 1 unspecified atom stereocenters. The minimum absolute atomic E-state index is 0.153. The topological polar surface area (TPSA) is 49.4 Å². The van der Waals surface area contributed by atoms with Gasteiger partial charge in [-0.2, -0.15) is 0 Å². The van der Waals surface area contributed by atoms with Crippen molar-refractivity contribution in [2.75, 3.05) is 11.4 Å². The third-order valence-electron chi connectivity index (χ3n) is 4.31. The molecule has 2 amide bonds. The van der Waals surface area contributed by atoms with Crippen LogP contribution in [-0.4, -0.2) is 24.4 Å². The van der Waals surface area contributed by atoms with E-state index in [9.17, 15) is 18.4 Å². The van der Waals surface area contributed by atoms with E-state index >= 15 is 0 Å². The van der Waals surface area contributed by atoms with Crippen molar-refractivity contribution in [1.82, 2.24) is 5.32 Å². The maximum atomic E-state index is 13.6. The number of hydrogen-bond donors (Lipinski definition) is 1. The van der Waals surface area contributed by atoms with Gasteiger partial charge in [0.1, 0.15) is 11.6 Å². The van der Waals surface area contributed by atoms with E-state index in [0.717, 1.165) is 6.07 Å². The molecule has 1 N–H and O–H groups in total. The predicted octanol–water partition coefficient (Wildman–Crippen LogP) is 4.43. The van der Waals surface area contributed by atoms with Crippen molar-refractivity contribution in [3.05, 3.63) is 102 Å². The summed E-state index contributed by atoms with van der Waals surface area (Å²) >= 11 is 0. The molecule has 0 aliphatic rings. The first kappa shape index (κ1) is 20.2. The molecule has 3 rings (SSSR count). The summed E-state index contributed by atoms with van der Waals surface area (Å²) in [5.74, 6) is -1.83. The number of anilines is 1. The van der Waals surface area contributed by atoms with E-state index in [1.54, 1.807) is 31.2 Å². The quantitative estimate of drug-likeness (QED) is 0.672. The van der Waals surface area contributed by atoms with Crippen LogP contribution in [0.15, 0.2) is 78.9 Å². The van der Waals surface area contributed by atoms with Gasteiger partial charge in [0.25, 0.3) is 11.8 Å². The number of carbonyl (C=O) groups is 2. The summed E-state index contributed by atoms with van der Waals surface area (Å²) in [6, 6.07) is 19.3. The van der Waals surface area contributed by atoms with E-state index in [0.29, 0.717) is 5.69 Å². The lowest BCUT2D eigenvalue weighted by Crippen LogP contribution is -2.44. The third kappa shape index (κ3) is 5.25. The van der Waals surface area contributed by atoms with Crippen LogP contribution in [0.25, 0.3) is 0 Å². The Labute approximate surface area is 167 Å². The lowest BCUT2D eigenvalue weighted by Gasteiger charge is -2.27.